The lowest BCUT2D eigenvalue weighted by atomic mass is 9.82. The van der Waals surface area contributed by atoms with Crippen LogP contribution in [-0.4, -0.2) is 74.7 Å². The zero-order valence-electron chi connectivity index (χ0n) is 25.7. The molecular weight excluding hydrogens is 622 g/mol. The van der Waals surface area contributed by atoms with Crippen LogP contribution in [0.4, 0.5) is 23.1 Å². The first-order valence-electron chi connectivity index (χ1n) is 14.9. The second kappa shape index (κ2) is 12.8. The maximum absolute atomic E-state index is 13.0. The predicted molar refractivity (Wildman–Crippen MR) is 175 cm³/mol. The summed E-state index contributed by atoms with van der Waals surface area (Å²) in [4.78, 5) is 11.4. The third kappa shape index (κ3) is 7.14. The van der Waals surface area contributed by atoms with E-state index in [1.165, 1.54) is 23.6 Å². The molecule has 0 saturated carbocycles. The Balaban J connectivity index is 1.39. The van der Waals surface area contributed by atoms with E-state index in [-0.39, 0.29) is 33.5 Å². The molecule has 10 nitrogen and oxygen atoms in total. The molecule has 3 heterocycles. The third-order valence-electron chi connectivity index (χ3n) is 8.27. The van der Waals surface area contributed by atoms with Gasteiger partial charge >= 0.3 is 0 Å². The molecule has 2 aromatic carbocycles. The molecule has 1 aromatic heterocycles. The van der Waals surface area contributed by atoms with Gasteiger partial charge in [0.25, 0.3) is 0 Å². The van der Waals surface area contributed by atoms with Gasteiger partial charge in [0.1, 0.15) is 26.7 Å². The average molecular weight is 662 g/mol. The summed E-state index contributed by atoms with van der Waals surface area (Å²) in [5, 5.41) is 6.08. The summed E-state index contributed by atoms with van der Waals surface area (Å²) in [6, 6.07) is 8.75. The number of likely N-dealkylation sites (tertiary alicyclic amines) is 1. The topological polar surface area (TPSA) is 131 Å². The Morgan fingerprint density at radius 1 is 1.09 bits per heavy atom. The Bertz CT molecular complexity index is 1760. The Morgan fingerprint density at radius 3 is 2.48 bits per heavy atom. The quantitative estimate of drug-likeness (QED) is 0.281. The minimum atomic E-state index is -3.55. The first kappa shape index (κ1) is 32.5. The van der Waals surface area contributed by atoms with Crippen LogP contribution in [0.1, 0.15) is 56.2 Å². The molecule has 2 aliphatic heterocycles. The molecule has 1 atom stereocenters. The third-order valence-corrected chi connectivity index (χ3v) is 11.7. The molecule has 2 N–H and O–H groups in total. The van der Waals surface area contributed by atoms with E-state index >= 15 is 0 Å². The number of rotatable bonds is 10. The van der Waals surface area contributed by atoms with Gasteiger partial charge in [0.2, 0.25) is 5.95 Å². The van der Waals surface area contributed by atoms with Crippen LogP contribution >= 0.6 is 11.6 Å². The summed E-state index contributed by atoms with van der Waals surface area (Å²) in [6.45, 7) is 9.75. The maximum atomic E-state index is 13.0. The molecule has 1 fully saturated rings. The molecule has 1 unspecified atom stereocenters. The predicted octanol–water partition coefficient (Wildman–Crippen LogP) is 5.66. The van der Waals surface area contributed by atoms with E-state index in [0.29, 0.717) is 18.2 Å². The van der Waals surface area contributed by atoms with Gasteiger partial charge in [0.05, 0.1) is 33.5 Å². The normalized spacial score (nSPS) is 17.8. The van der Waals surface area contributed by atoms with Crippen molar-refractivity contribution in [1.29, 1.82) is 0 Å². The monoisotopic (exact) mass is 661 g/mol. The van der Waals surface area contributed by atoms with Crippen molar-refractivity contribution in [1.82, 2.24) is 14.9 Å². The van der Waals surface area contributed by atoms with Gasteiger partial charge in [-0.3, -0.25) is 0 Å². The van der Waals surface area contributed by atoms with E-state index in [1.54, 1.807) is 38.1 Å². The van der Waals surface area contributed by atoms with Crippen molar-refractivity contribution in [2.24, 2.45) is 0 Å². The van der Waals surface area contributed by atoms with Crippen molar-refractivity contribution < 1.29 is 21.6 Å². The number of anilines is 4. The molecule has 0 amide bonds. The second-order valence-electron chi connectivity index (χ2n) is 12.1. The van der Waals surface area contributed by atoms with Gasteiger partial charge in [0.15, 0.2) is 15.7 Å². The number of aromatic nitrogens is 2. The van der Waals surface area contributed by atoms with E-state index < -0.39 is 24.9 Å². The van der Waals surface area contributed by atoms with Crippen LogP contribution in [0, 0.1) is 6.92 Å². The Morgan fingerprint density at radius 2 is 1.80 bits per heavy atom. The molecule has 0 bridgehead atoms. The molecule has 2 aliphatic rings. The summed E-state index contributed by atoms with van der Waals surface area (Å²) in [7, 11) is -6.53. The number of hydrogen-bond donors (Lipinski definition) is 2. The van der Waals surface area contributed by atoms with Crippen molar-refractivity contribution in [3.05, 3.63) is 58.2 Å². The molecule has 13 heteroatoms. The van der Waals surface area contributed by atoms with Crippen LogP contribution < -0.4 is 15.4 Å². The van der Waals surface area contributed by atoms with Crippen molar-refractivity contribution in [2.75, 3.05) is 42.3 Å². The van der Waals surface area contributed by atoms with Gasteiger partial charge in [-0.2, -0.15) is 4.98 Å². The second-order valence-corrected chi connectivity index (χ2v) is 17.2. The van der Waals surface area contributed by atoms with E-state index in [9.17, 15) is 16.8 Å². The SMILES string of the molecule is Cc1cc(Nc2ncc(Cl)c(Nc3ccccc3S(=O)(=O)C(C)C)n2)c2c(c1C1CCN(CCS(C)(=O)=O)CC1)CC(C)O2. The Kier molecular flexibility index (Phi) is 9.46. The first-order chi connectivity index (χ1) is 20.7. The molecule has 0 spiro atoms. The lowest BCUT2D eigenvalue weighted by Gasteiger charge is -2.33. The number of nitrogens with one attached hydrogen (secondary N) is 2. The van der Waals surface area contributed by atoms with Crippen LogP contribution in [0.2, 0.25) is 5.02 Å². The van der Waals surface area contributed by atoms with Crippen molar-refractivity contribution in [2.45, 2.75) is 69.1 Å². The van der Waals surface area contributed by atoms with E-state index in [0.717, 1.165) is 49.4 Å². The van der Waals surface area contributed by atoms with Gasteiger partial charge in [-0.25, -0.2) is 21.8 Å². The van der Waals surface area contributed by atoms with E-state index in [4.69, 9.17) is 16.3 Å². The maximum Gasteiger partial charge on any atom is 0.229 e. The molecule has 44 heavy (non-hydrogen) atoms. The first-order valence-corrected chi connectivity index (χ1v) is 18.8. The summed E-state index contributed by atoms with van der Waals surface area (Å²) in [5.41, 5.74) is 4.80. The van der Waals surface area contributed by atoms with Gasteiger partial charge in [0, 0.05) is 24.8 Å². The molecule has 238 valence electrons. The lowest BCUT2D eigenvalue weighted by molar-refractivity contribution is 0.222. The molecule has 3 aromatic rings. The minimum Gasteiger partial charge on any atom is -0.488 e. The number of sulfone groups is 2. The summed E-state index contributed by atoms with van der Waals surface area (Å²) in [6.07, 6.45) is 5.49. The minimum absolute atomic E-state index is 0.0173. The molecule has 1 saturated heterocycles. The zero-order chi connectivity index (χ0) is 31.8. The van der Waals surface area contributed by atoms with Crippen molar-refractivity contribution >= 4 is 54.4 Å². The fraction of sp³-hybridized carbons (Fsp3) is 0.484. The number of halogens is 1. The highest BCUT2D eigenvalue weighted by molar-refractivity contribution is 7.92. The standard InChI is InChI=1S/C31H40ClN5O5S2/c1-19(2)44(40,41)27-9-7-6-8-25(27)34-30-24(32)18-33-31(36-30)35-26-16-20(3)28(23-17-21(4)42-29(23)26)22-10-12-37(13-11-22)14-15-43(5,38)39/h6-9,16,18-19,21-22H,10-15,17H2,1-5H3,(H2,33,34,35,36). The zero-order valence-corrected chi connectivity index (χ0v) is 28.1. The summed E-state index contributed by atoms with van der Waals surface area (Å²) in [5.74, 6) is 1.91. The number of para-hydroxylation sites is 1. The number of nitrogens with zero attached hydrogens (tertiary/aromatic N) is 3. The number of ether oxygens (including phenoxy) is 1. The van der Waals surface area contributed by atoms with E-state index in [2.05, 4.69) is 45.4 Å². The van der Waals surface area contributed by atoms with Gasteiger partial charge in [-0.1, -0.05) is 23.7 Å². The van der Waals surface area contributed by atoms with Crippen LogP contribution in [0.25, 0.3) is 0 Å². The molecule has 0 aliphatic carbocycles. The van der Waals surface area contributed by atoms with Crippen LogP contribution in [0.3, 0.4) is 0 Å². The van der Waals surface area contributed by atoms with Crippen molar-refractivity contribution in [3.8, 4) is 5.75 Å². The Hall–Kier alpha value is -2.93. The highest BCUT2D eigenvalue weighted by atomic mass is 35.5. The summed E-state index contributed by atoms with van der Waals surface area (Å²) >= 11 is 6.45. The number of benzene rings is 2. The summed E-state index contributed by atoms with van der Waals surface area (Å²) < 4.78 is 55.5. The van der Waals surface area contributed by atoms with Gasteiger partial charge < -0.3 is 20.3 Å². The fourth-order valence-electron chi connectivity index (χ4n) is 5.99. The number of piperidine rings is 1. The largest absolute Gasteiger partial charge is 0.488 e. The van der Waals surface area contributed by atoms with Gasteiger partial charge in [-0.05, 0) is 88.9 Å². The Labute approximate surface area is 265 Å². The van der Waals surface area contributed by atoms with Crippen LogP contribution in [0.15, 0.2) is 41.4 Å². The molecular formula is C31H40ClN5O5S2. The lowest BCUT2D eigenvalue weighted by Crippen LogP contribution is -2.36. The van der Waals surface area contributed by atoms with Gasteiger partial charge in [-0.15, -0.1) is 0 Å². The highest BCUT2D eigenvalue weighted by Crippen LogP contribution is 2.46. The van der Waals surface area contributed by atoms with Crippen molar-refractivity contribution in [3.63, 3.8) is 0 Å². The number of aryl methyl sites for hydroxylation is 1. The molecule has 5 rings (SSSR count). The highest BCUT2D eigenvalue weighted by Gasteiger charge is 2.32. The smallest absolute Gasteiger partial charge is 0.229 e. The fourth-order valence-corrected chi connectivity index (χ4v) is 7.92. The van der Waals surface area contributed by atoms with E-state index in [1.807, 2.05) is 0 Å². The van der Waals surface area contributed by atoms with Crippen LogP contribution in [0.5, 0.6) is 5.75 Å². The molecule has 0 radical (unpaired) electrons. The van der Waals surface area contributed by atoms with Crippen LogP contribution in [-0.2, 0) is 26.1 Å². The number of fused-ring (bicyclic) bond motifs is 1. The number of hydrogen-bond acceptors (Lipinski definition) is 10. The average Bonchev–Trinajstić information content (AvgIpc) is 3.35.